The Bertz CT molecular complexity index is 662. The molecule has 0 bridgehead atoms. The van der Waals surface area contributed by atoms with Crippen molar-refractivity contribution >= 4 is 23.1 Å². The zero-order valence-electron chi connectivity index (χ0n) is 13.7. The Kier molecular flexibility index (Phi) is 4.91. The van der Waals surface area contributed by atoms with Crippen molar-refractivity contribution in [3.8, 4) is 0 Å². The fraction of sp³-hybridized carbons (Fsp3) is 0.471. The second kappa shape index (κ2) is 7.08. The first-order valence-corrected chi connectivity index (χ1v) is 8.90. The summed E-state index contributed by atoms with van der Waals surface area (Å²) in [7, 11) is 0. The number of carbonyl (C=O) groups is 1. The fourth-order valence-electron chi connectivity index (χ4n) is 2.89. The first-order chi connectivity index (χ1) is 11.2. The van der Waals surface area contributed by atoms with Crippen LogP contribution < -0.4 is 4.90 Å². The number of aryl methyl sites for hydroxylation is 2. The summed E-state index contributed by atoms with van der Waals surface area (Å²) in [6, 6.07) is 2.08. The van der Waals surface area contributed by atoms with Crippen LogP contribution in [-0.4, -0.2) is 47.0 Å². The maximum atomic E-state index is 12.7. The zero-order valence-corrected chi connectivity index (χ0v) is 14.5. The van der Waals surface area contributed by atoms with Crippen molar-refractivity contribution in [1.29, 1.82) is 0 Å². The number of piperazine rings is 1. The molecule has 1 aliphatic rings. The van der Waals surface area contributed by atoms with Crippen LogP contribution >= 0.6 is 11.3 Å². The summed E-state index contributed by atoms with van der Waals surface area (Å²) in [6.07, 6.45) is 7.32. The summed E-state index contributed by atoms with van der Waals surface area (Å²) >= 11 is 1.63. The second-order valence-corrected chi connectivity index (χ2v) is 7.04. The Labute approximate surface area is 141 Å². The lowest BCUT2D eigenvalue weighted by atomic mass is 10.1. The Balaban J connectivity index is 1.63. The Morgan fingerprint density at radius 2 is 2.04 bits per heavy atom. The molecule has 1 aliphatic heterocycles. The Morgan fingerprint density at radius 3 is 2.70 bits per heavy atom. The highest BCUT2D eigenvalue weighted by Gasteiger charge is 2.24. The number of nitrogens with zero attached hydrogens (tertiary/aromatic N) is 4. The molecule has 2 aromatic rings. The minimum Gasteiger partial charge on any atom is -0.352 e. The van der Waals surface area contributed by atoms with E-state index in [1.165, 1.54) is 10.4 Å². The third-order valence-corrected chi connectivity index (χ3v) is 5.27. The summed E-state index contributed by atoms with van der Waals surface area (Å²) in [6.45, 7) is 7.35. The van der Waals surface area contributed by atoms with Crippen molar-refractivity contribution in [2.75, 3.05) is 31.1 Å². The molecular formula is C17H22N4OS. The zero-order chi connectivity index (χ0) is 16.2. The highest BCUT2D eigenvalue weighted by atomic mass is 32.1. The van der Waals surface area contributed by atoms with Crippen LogP contribution in [0, 0.1) is 6.92 Å². The number of hydrogen-bond acceptors (Lipinski definition) is 5. The summed E-state index contributed by atoms with van der Waals surface area (Å²) in [5.74, 6) is 1.05. The van der Waals surface area contributed by atoms with E-state index < -0.39 is 0 Å². The number of aromatic nitrogens is 2. The fourth-order valence-corrected chi connectivity index (χ4v) is 3.93. The van der Waals surface area contributed by atoms with E-state index in [0.29, 0.717) is 0 Å². The molecule has 0 aliphatic carbocycles. The van der Waals surface area contributed by atoms with Gasteiger partial charge in [0.1, 0.15) is 5.82 Å². The molecule has 122 valence electrons. The molecule has 1 saturated heterocycles. The van der Waals surface area contributed by atoms with E-state index in [9.17, 15) is 4.79 Å². The Morgan fingerprint density at radius 1 is 1.26 bits per heavy atom. The van der Waals surface area contributed by atoms with E-state index in [1.54, 1.807) is 29.9 Å². The van der Waals surface area contributed by atoms with Gasteiger partial charge in [0.25, 0.3) is 5.91 Å². The molecule has 0 atom stereocenters. The van der Waals surface area contributed by atoms with Crippen molar-refractivity contribution in [3.63, 3.8) is 0 Å². The molecule has 0 aromatic carbocycles. The maximum absolute atomic E-state index is 12.7. The molecule has 1 fully saturated rings. The van der Waals surface area contributed by atoms with Crippen LogP contribution in [0.1, 0.15) is 33.5 Å². The SMILES string of the molecule is CCCc1cc(C(=O)N2CCN(c3cnccn3)CC2)sc1C. The molecule has 0 spiro atoms. The van der Waals surface area contributed by atoms with Gasteiger partial charge in [-0.1, -0.05) is 13.3 Å². The van der Waals surface area contributed by atoms with Gasteiger partial charge < -0.3 is 9.80 Å². The molecule has 23 heavy (non-hydrogen) atoms. The molecular weight excluding hydrogens is 308 g/mol. The van der Waals surface area contributed by atoms with Crippen LogP contribution in [0.25, 0.3) is 0 Å². The molecule has 6 heteroatoms. The summed E-state index contributed by atoms with van der Waals surface area (Å²) < 4.78 is 0. The molecule has 3 rings (SSSR count). The lowest BCUT2D eigenvalue weighted by molar-refractivity contribution is 0.0751. The van der Waals surface area contributed by atoms with Gasteiger partial charge in [0.05, 0.1) is 11.1 Å². The minimum atomic E-state index is 0.166. The molecule has 1 amide bonds. The smallest absolute Gasteiger partial charge is 0.264 e. The number of carbonyl (C=O) groups excluding carboxylic acids is 1. The first kappa shape index (κ1) is 15.9. The monoisotopic (exact) mass is 330 g/mol. The van der Waals surface area contributed by atoms with Crippen LogP contribution in [0.4, 0.5) is 5.82 Å². The standard InChI is InChI=1S/C17H22N4OS/c1-3-4-14-11-15(23-13(14)2)17(22)21-9-7-20(8-10-21)16-12-18-5-6-19-16/h5-6,11-12H,3-4,7-10H2,1-2H3. The molecule has 0 saturated carbocycles. The quantitative estimate of drug-likeness (QED) is 0.865. The minimum absolute atomic E-state index is 0.166. The van der Waals surface area contributed by atoms with Crippen molar-refractivity contribution in [2.45, 2.75) is 26.7 Å². The van der Waals surface area contributed by atoms with Crippen molar-refractivity contribution < 1.29 is 4.79 Å². The van der Waals surface area contributed by atoms with E-state index in [2.05, 4.69) is 34.8 Å². The van der Waals surface area contributed by atoms with Crippen LogP contribution in [-0.2, 0) is 6.42 Å². The topological polar surface area (TPSA) is 49.3 Å². The van der Waals surface area contributed by atoms with Crippen molar-refractivity contribution in [1.82, 2.24) is 14.9 Å². The molecule has 5 nitrogen and oxygen atoms in total. The summed E-state index contributed by atoms with van der Waals surface area (Å²) in [5, 5.41) is 0. The lowest BCUT2D eigenvalue weighted by Crippen LogP contribution is -2.48. The molecule has 0 unspecified atom stereocenters. The van der Waals surface area contributed by atoms with Gasteiger partial charge in [0.2, 0.25) is 0 Å². The van der Waals surface area contributed by atoms with Gasteiger partial charge in [-0.15, -0.1) is 11.3 Å². The van der Waals surface area contributed by atoms with Gasteiger partial charge in [0.15, 0.2) is 0 Å². The van der Waals surface area contributed by atoms with Gasteiger partial charge in [-0.3, -0.25) is 9.78 Å². The third-order valence-electron chi connectivity index (χ3n) is 4.19. The number of anilines is 1. The van der Waals surface area contributed by atoms with Gasteiger partial charge >= 0.3 is 0 Å². The first-order valence-electron chi connectivity index (χ1n) is 8.08. The van der Waals surface area contributed by atoms with Gasteiger partial charge in [0, 0.05) is 43.4 Å². The number of rotatable bonds is 4. The maximum Gasteiger partial charge on any atom is 0.264 e. The predicted molar refractivity (Wildman–Crippen MR) is 93.2 cm³/mol. The number of amides is 1. The van der Waals surface area contributed by atoms with Crippen LogP contribution in [0.2, 0.25) is 0 Å². The van der Waals surface area contributed by atoms with E-state index in [0.717, 1.165) is 49.7 Å². The third kappa shape index (κ3) is 3.52. The van der Waals surface area contributed by atoms with Crippen molar-refractivity contribution in [3.05, 3.63) is 40.0 Å². The average molecular weight is 330 g/mol. The summed E-state index contributed by atoms with van der Waals surface area (Å²) in [4.78, 5) is 27.4. The van der Waals surface area contributed by atoms with E-state index in [1.807, 2.05) is 4.90 Å². The van der Waals surface area contributed by atoms with Gasteiger partial charge in [-0.05, 0) is 25.0 Å². The number of hydrogen-bond donors (Lipinski definition) is 0. The van der Waals surface area contributed by atoms with E-state index in [-0.39, 0.29) is 5.91 Å². The van der Waals surface area contributed by atoms with Crippen LogP contribution in [0.15, 0.2) is 24.7 Å². The highest BCUT2D eigenvalue weighted by Crippen LogP contribution is 2.25. The van der Waals surface area contributed by atoms with E-state index in [4.69, 9.17) is 0 Å². The van der Waals surface area contributed by atoms with Crippen LogP contribution in [0.3, 0.4) is 0 Å². The normalized spacial score (nSPS) is 15.0. The van der Waals surface area contributed by atoms with Crippen LogP contribution in [0.5, 0.6) is 0 Å². The second-order valence-electron chi connectivity index (χ2n) is 5.78. The highest BCUT2D eigenvalue weighted by molar-refractivity contribution is 7.14. The van der Waals surface area contributed by atoms with E-state index >= 15 is 0 Å². The lowest BCUT2D eigenvalue weighted by Gasteiger charge is -2.35. The predicted octanol–water partition coefficient (Wildman–Crippen LogP) is 2.76. The average Bonchev–Trinajstić information content (AvgIpc) is 2.96. The molecule has 0 N–H and O–H groups in total. The van der Waals surface area contributed by atoms with Gasteiger partial charge in [-0.25, -0.2) is 4.98 Å². The Hall–Kier alpha value is -1.95. The summed E-state index contributed by atoms with van der Waals surface area (Å²) in [5.41, 5.74) is 1.32. The largest absolute Gasteiger partial charge is 0.352 e. The molecule has 3 heterocycles. The van der Waals surface area contributed by atoms with Gasteiger partial charge in [-0.2, -0.15) is 0 Å². The number of thiophene rings is 1. The molecule has 0 radical (unpaired) electrons. The molecule has 2 aromatic heterocycles. The van der Waals surface area contributed by atoms with Crippen molar-refractivity contribution in [2.24, 2.45) is 0 Å².